The second-order valence-corrected chi connectivity index (χ2v) is 4.37. The molecule has 0 aliphatic rings. The fourth-order valence-electron chi connectivity index (χ4n) is 1.24. The van der Waals surface area contributed by atoms with Crippen LogP contribution in [-0.4, -0.2) is 19.6 Å². The number of rotatable bonds is 7. The molecule has 0 radical (unpaired) electrons. The molecule has 84 valence electrons. The van der Waals surface area contributed by atoms with Crippen molar-refractivity contribution >= 4 is 11.8 Å². The summed E-state index contributed by atoms with van der Waals surface area (Å²) in [6, 6.07) is 8.63. The van der Waals surface area contributed by atoms with Crippen LogP contribution >= 0.6 is 11.8 Å². The van der Waals surface area contributed by atoms with Gasteiger partial charge in [0.25, 0.3) is 0 Å². The Balaban J connectivity index is 2.35. The zero-order valence-electron chi connectivity index (χ0n) is 9.45. The van der Waals surface area contributed by atoms with Gasteiger partial charge in [-0.2, -0.15) is 0 Å². The molecule has 0 atom stereocenters. The second kappa shape index (κ2) is 7.74. The average Bonchev–Trinajstić information content (AvgIpc) is 2.28. The molecule has 1 aromatic rings. The third-order valence-electron chi connectivity index (χ3n) is 2.02. The molecule has 0 aliphatic heterocycles. The SMILES string of the molecule is CCCNCc1ccc(SCOC)cc1. The summed E-state index contributed by atoms with van der Waals surface area (Å²) in [7, 11) is 1.72. The summed E-state index contributed by atoms with van der Waals surface area (Å²) in [6.07, 6.45) is 1.18. The molecule has 0 bridgehead atoms. The number of benzene rings is 1. The molecular formula is C12H19NOS. The summed E-state index contributed by atoms with van der Waals surface area (Å²) in [5.41, 5.74) is 1.34. The maximum Gasteiger partial charge on any atom is 0.0963 e. The van der Waals surface area contributed by atoms with Gasteiger partial charge in [0.2, 0.25) is 0 Å². The summed E-state index contributed by atoms with van der Waals surface area (Å²) in [4.78, 5) is 1.26. The molecule has 0 aliphatic carbocycles. The van der Waals surface area contributed by atoms with Crippen molar-refractivity contribution in [3.8, 4) is 0 Å². The molecule has 0 saturated carbocycles. The van der Waals surface area contributed by atoms with Crippen molar-refractivity contribution < 1.29 is 4.74 Å². The van der Waals surface area contributed by atoms with Gasteiger partial charge in [-0.15, -0.1) is 0 Å². The Hall–Kier alpha value is -0.510. The van der Waals surface area contributed by atoms with Crippen molar-refractivity contribution in [1.82, 2.24) is 5.32 Å². The first-order valence-electron chi connectivity index (χ1n) is 5.28. The standard InChI is InChI=1S/C12H19NOS/c1-3-8-13-9-11-4-6-12(7-5-11)15-10-14-2/h4-7,13H,3,8-10H2,1-2H3. The fourth-order valence-corrected chi connectivity index (χ4v) is 1.82. The van der Waals surface area contributed by atoms with Crippen LogP contribution in [0.2, 0.25) is 0 Å². The van der Waals surface area contributed by atoms with Gasteiger partial charge in [-0.3, -0.25) is 0 Å². The zero-order valence-corrected chi connectivity index (χ0v) is 10.3. The molecule has 0 aromatic heterocycles. The highest BCUT2D eigenvalue weighted by Crippen LogP contribution is 2.17. The quantitative estimate of drug-likeness (QED) is 0.438. The van der Waals surface area contributed by atoms with Crippen molar-refractivity contribution in [3.63, 3.8) is 0 Å². The normalized spacial score (nSPS) is 10.5. The highest BCUT2D eigenvalue weighted by molar-refractivity contribution is 7.99. The number of nitrogens with one attached hydrogen (secondary N) is 1. The third-order valence-corrected chi connectivity index (χ3v) is 2.98. The molecule has 1 rings (SSSR count). The van der Waals surface area contributed by atoms with Crippen LogP contribution in [0.15, 0.2) is 29.2 Å². The lowest BCUT2D eigenvalue weighted by Gasteiger charge is -2.04. The first-order valence-corrected chi connectivity index (χ1v) is 6.26. The fraction of sp³-hybridized carbons (Fsp3) is 0.500. The van der Waals surface area contributed by atoms with Gasteiger partial charge in [-0.1, -0.05) is 30.8 Å². The van der Waals surface area contributed by atoms with Crippen LogP contribution in [0.5, 0.6) is 0 Å². The van der Waals surface area contributed by atoms with E-state index in [2.05, 4.69) is 36.5 Å². The smallest absolute Gasteiger partial charge is 0.0963 e. The van der Waals surface area contributed by atoms with E-state index in [-0.39, 0.29) is 0 Å². The Morgan fingerprint density at radius 3 is 2.60 bits per heavy atom. The molecule has 0 spiro atoms. The van der Waals surface area contributed by atoms with E-state index in [4.69, 9.17) is 4.74 Å². The topological polar surface area (TPSA) is 21.3 Å². The van der Waals surface area contributed by atoms with Crippen molar-refractivity contribution in [3.05, 3.63) is 29.8 Å². The van der Waals surface area contributed by atoms with Crippen LogP contribution in [0, 0.1) is 0 Å². The van der Waals surface area contributed by atoms with Gasteiger partial charge in [0.15, 0.2) is 0 Å². The van der Waals surface area contributed by atoms with Crippen molar-refractivity contribution in [1.29, 1.82) is 0 Å². The molecule has 1 N–H and O–H groups in total. The van der Waals surface area contributed by atoms with Crippen LogP contribution in [0.1, 0.15) is 18.9 Å². The van der Waals surface area contributed by atoms with Gasteiger partial charge in [0, 0.05) is 18.6 Å². The molecule has 3 heteroatoms. The van der Waals surface area contributed by atoms with Crippen LogP contribution in [0.25, 0.3) is 0 Å². The molecule has 0 amide bonds. The second-order valence-electron chi connectivity index (χ2n) is 3.37. The molecule has 0 unspecified atom stereocenters. The van der Waals surface area contributed by atoms with Gasteiger partial charge in [-0.25, -0.2) is 0 Å². The van der Waals surface area contributed by atoms with Gasteiger partial charge >= 0.3 is 0 Å². The Labute approximate surface area is 96.4 Å². The van der Waals surface area contributed by atoms with Crippen LogP contribution in [0.3, 0.4) is 0 Å². The van der Waals surface area contributed by atoms with E-state index < -0.39 is 0 Å². The van der Waals surface area contributed by atoms with Crippen molar-refractivity contribution in [2.24, 2.45) is 0 Å². The molecule has 1 aromatic carbocycles. The molecule has 15 heavy (non-hydrogen) atoms. The van der Waals surface area contributed by atoms with Gasteiger partial charge in [0.05, 0.1) is 5.94 Å². The van der Waals surface area contributed by atoms with Gasteiger partial charge in [-0.05, 0) is 30.7 Å². The Morgan fingerprint density at radius 2 is 2.00 bits per heavy atom. The molecule has 0 heterocycles. The predicted octanol–water partition coefficient (Wildman–Crippen LogP) is 2.88. The first kappa shape index (κ1) is 12.6. The summed E-state index contributed by atoms with van der Waals surface area (Å²) in [6.45, 7) is 4.22. The Kier molecular flexibility index (Phi) is 6.48. The van der Waals surface area contributed by atoms with Gasteiger partial charge < -0.3 is 10.1 Å². The lowest BCUT2D eigenvalue weighted by molar-refractivity contribution is 0.259. The summed E-state index contributed by atoms with van der Waals surface area (Å²) >= 11 is 1.71. The van der Waals surface area contributed by atoms with Gasteiger partial charge in [0.1, 0.15) is 0 Å². The highest BCUT2D eigenvalue weighted by Gasteiger charge is 1.94. The van der Waals surface area contributed by atoms with E-state index in [1.165, 1.54) is 16.9 Å². The summed E-state index contributed by atoms with van der Waals surface area (Å²) in [5.74, 6) is 0.716. The Bertz CT molecular complexity index is 261. The predicted molar refractivity (Wildman–Crippen MR) is 66.2 cm³/mol. The van der Waals surface area contributed by atoms with Crippen molar-refractivity contribution in [2.75, 3.05) is 19.6 Å². The van der Waals surface area contributed by atoms with E-state index in [1.54, 1.807) is 18.9 Å². The van der Waals surface area contributed by atoms with E-state index in [1.807, 2.05) is 0 Å². The minimum absolute atomic E-state index is 0.716. The first-order chi connectivity index (χ1) is 7.36. The van der Waals surface area contributed by atoms with Crippen molar-refractivity contribution in [2.45, 2.75) is 24.8 Å². The van der Waals surface area contributed by atoms with E-state index in [9.17, 15) is 0 Å². The minimum Gasteiger partial charge on any atom is -0.374 e. The van der Waals surface area contributed by atoms with E-state index in [0.29, 0.717) is 5.94 Å². The lowest BCUT2D eigenvalue weighted by Crippen LogP contribution is -2.13. The maximum absolute atomic E-state index is 5.01. The van der Waals surface area contributed by atoms with Crippen LogP contribution in [0.4, 0.5) is 0 Å². The van der Waals surface area contributed by atoms with E-state index in [0.717, 1.165) is 13.1 Å². The third kappa shape index (κ3) is 5.21. The van der Waals surface area contributed by atoms with E-state index >= 15 is 0 Å². The number of ether oxygens (including phenoxy) is 1. The lowest BCUT2D eigenvalue weighted by atomic mass is 10.2. The zero-order chi connectivity index (χ0) is 10.9. The van der Waals surface area contributed by atoms with Crippen LogP contribution < -0.4 is 5.32 Å². The monoisotopic (exact) mass is 225 g/mol. The minimum atomic E-state index is 0.716. The highest BCUT2D eigenvalue weighted by atomic mass is 32.2. The Morgan fingerprint density at radius 1 is 1.27 bits per heavy atom. The molecule has 0 fully saturated rings. The number of hydrogen-bond donors (Lipinski definition) is 1. The number of thioether (sulfide) groups is 1. The summed E-state index contributed by atoms with van der Waals surface area (Å²) < 4.78 is 5.01. The number of hydrogen-bond acceptors (Lipinski definition) is 3. The molecule has 0 saturated heterocycles. The molecular weight excluding hydrogens is 206 g/mol. The number of methoxy groups -OCH3 is 1. The average molecular weight is 225 g/mol. The largest absolute Gasteiger partial charge is 0.374 e. The maximum atomic E-state index is 5.01. The summed E-state index contributed by atoms with van der Waals surface area (Å²) in [5, 5.41) is 3.38. The van der Waals surface area contributed by atoms with Crippen LogP contribution in [-0.2, 0) is 11.3 Å². The molecule has 2 nitrogen and oxygen atoms in total.